The number of rotatable bonds is 4. The van der Waals surface area contributed by atoms with Gasteiger partial charge in [0, 0.05) is 50.2 Å². The van der Waals surface area contributed by atoms with Crippen LogP contribution in [0.25, 0.3) is 0 Å². The van der Waals surface area contributed by atoms with Gasteiger partial charge in [0.25, 0.3) is 11.5 Å². The van der Waals surface area contributed by atoms with Gasteiger partial charge in [-0.05, 0) is 49.2 Å². The summed E-state index contributed by atoms with van der Waals surface area (Å²) >= 11 is 0. The molecule has 3 amide bonds. The van der Waals surface area contributed by atoms with Crippen molar-refractivity contribution in [3.8, 4) is 23.0 Å². The molecule has 6 rings (SSSR count). The zero-order valence-electron chi connectivity index (χ0n) is 25.5. The number of piperidine rings is 1. The van der Waals surface area contributed by atoms with Crippen LogP contribution in [0.2, 0.25) is 0 Å². The Bertz CT molecular complexity index is 1620. The number of benzene rings is 2. The number of amides is 3. The number of likely N-dealkylation sites (tertiary alicyclic amines) is 1. The number of hydrogen-bond donors (Lipinski definition) is 2. The molecular formula is C32H37N5O8. The fourth-order valence-corrected chi connectivity index (χ4v) is 5.37. The lowest BCUT2D eigenvalue weighted by Gasteiger charge is -2.39. The minimum atomic E-state index is -0.596. The SMILES string of the molecule is COc1cc2ccc1CNC(=O)CCc1ccc(OC)c(c1)OCC(=O)N[C@@H]1CN(C(=O)Cn3nc(C)ccc3=O)CC[C@@H]1O2. The van der Waals surface area contributed by atoms with Crippen molar-refractivity contribution in [1.82, 2.24) is 25.3 Å². The summed E-state index contributed by atoms with van der Waals surface area (Å²) in [4.78, 5) is 53.0. The van der Waals surface area contributed by atoms with Crippen LogP contribution in [-0.2, 0) is 33.9 Å². The molecule has 1 saturated heterocycles. The fourth-order valence-electron chi connectivity index (χ4n) is 5.37. The van der Waals surface area contributed by atoms with Crippen molar-refractivity contribution in [3.63, 3.8) is 0 Å². The first-order valence-corrected chi connectivity index (χ1v) is 14.7. The third-order valence-electron chi connectivity index (χ3n) is 7.78. The molecule has 1 fully saturated rings. The van der Waals surface area contributed by atoms with Gasteiger partial charge < -0.3 is 34.5 Å². The monoisotopic (exact) mass is 619 g/mol. The third-order valence-corrected chi connectivity index (χ3v) is 7.78. The molecule has 0 unspecified atom stereocenters. The fraction of sp³-hybridized carbons (Fsp3) is 0.406. The second-order valence-corrected chi connectivity index (χ2v) is 11.0. The minimum absolute atomic E-state index is 0.125. The molecule has 0 aliphatic carbocycles. The zero-order chi connectivity index (χ0) is 31.9. The van der Waals surface area contributed by atoms with Crippen molar-refractivity contribution in [1.29, 1.82) is 0 Å². The van der Waals surface area contributed by atoms with E-state index in [9.17, 15) is 19.2 Å². The van der Waals surface area contributed by atoms with E-state index in [1.54, 1.807) is 49.3 Å². The van der Waals surface area contributed by atoms with E-state index in [1.165, 1.54) is 13.2 Å². The summed E-state index contributed by atoms with van der Waals surface area (Å²) in [5.41, 5.74) is 1.87. The van der Waals surface area contributed by atoms with Crippen molar-refractivity contribution < 1.29 is 33.3 Å². The zero-order valence-corrected chi connectivity index (χ0v) is 25.5. The molecule has 0 saturated carbocycles. The number of fused-ring (bicyclic) bond motifs is 9. The predicted molar refractivity (Wildman–Crippen MR) is 162 cm³/mol. The quantitative estimate of drug-likeness (QED) is 0.442. The summed E-state index contributed by atoms with van der Waals surface area (Å²) < 4.78 is 24.3. The van der Waals surface area contributed by atoms with Crippen LogP contribution < -0.4 is 35.1 Å². The first kappa shape index (κ1) is 31.4. The highest BCUT2D eigenvalue weighted by Crippen LogP contribution is 2.30. The van der Waals surface area contributed by atoms with E-state index in [2.05, 4.69) is 15.7 Å². The number of carbonyl (C=O) groups is 3. The lowest BCUT2D eigenvalue weighted by Crippen LogP contribution is -2.59. The maximum absolute atomic E-state index is 13.3. The summed E-state index contributed by atoms with van der Waals surface area (Å²) in [5.74, 6) is 1.03. The van der Waals surface area contributed by atoms with E-state index in [1.807, 2.05) is 12.1 Å². The Balaban J connectivity index is 1.40. The van der Waals surface area contributed by atoms with Crippen molar-refractivity contribution >= 4 is 17.7 Å². The molecule has 45 heavy (non-hydrogen) atoms. The largest absolute Gasteiger partial charge is 0.496 e. The highest BCUT2D eigenvalue weighted by molar-refractivity contribution is 5.79. The predicted octanol–water partition coefficient (Wildman–Crippen LogP) is 1.38. The van der Waals surface area contributed by atoms with Crippen molar-refractivity contribution in [2.45, 2.75) is 51.4 Å². The highest BCUT2D eigenvalue weighted by atomic mass is 16.5. The van der Waals surface area contributed by atoms with E-state index >= 15 is 0 Å². The molecule has 1 aromatic heterocycles. The second-order valence-electron chi connectivity index (χ2n) is 11.0. The van der Waals surface area contributed by atoms with Gasteiger partial charge in [0.1, 0.15) is 24.1 Å². The Labute approximate surface area is 260 Å². The molecule has 13 heteroatoms. The van der Waals surface area contributed by atoms with E-state index in [0.29, 0.717) is 48.1 Å². The summed E-state index contributed by atoms with van der Waals surface area (Å²) in [7, 11) is 3.05. The summed E-state index contributed by atoms with van der Waals surface area (Å²) in [6.45, 7) is 1.98. The van der Waals surface area contributed by atoms with Crippen molar-refractivity contribution in [3.05, 3.63) is 75.7 Å². The standard InChI is InChI=1S/C32H37N5O8/c1-20-4-11-31(40)37(35-20)18-32(41)36-13-12-25-24(17-36)34-30(39)19-44-28-14-21(5-9-26(28)42-2)6-10-29(38)33-16-22-7-8-23(45-25)15-27(22)43-3/h4-5,7-9,11,14-15,24-25H,6,10,12-13,16-19H2,1-3H3,(H,33,38)(H,34,39)/t24-,25+/m1/s1. The molecular weight excluding hydrogens is 582 g/mol. The number of aryl methyl sites for hydroxylation is 2. The Morgan fingerprint density at radius 2 is 1.82 bits per heavy atom. The van der Waals surface area contributed by atoms with Crippen LogP contribution in [-0.4, -0.2) is 78.5 Å². The van der Waals surface area contributed by atoms with Crippen LogP contribution in [0.15, 0.2) is 53.3 Å². The van der Waals surface area contributed by atoms with E-state index in [4.69, 9.17) is 18.9 Å². The van der Waals surface area contributed by atoms with Gasteiger partial charge in [0.2, 0.25) is 11.8 Å². The third kappa shape index (κ3) is 7.91. The van der Waals surface area contributed by atoms with Crippen molar-refractivity contribution in [2.24, 2.45) is 0 Å². The van der Waals surface area contributed by atoms with Gasteiger partial charge in [-0.25, -0.2) is 4.68 Å². The number of hydrogen-bond acceptors (Lipinski definition) is 9. The van der Waals surface area contributed by atoms with Gasteiger partial charge in [-0.3, -0.25) is 19.2 Å². The maximum Gasteiger partial charge on any atom is 0.267 e. The van der Waals surface area contributed by atoms with Crippen molar-refractivity contribution in [2.75, 3.05) is 33.9 Å². The Kier molecular flexibility index (Phi) is 9.86. The molecule has 13 nitrogen and oxygen atoms in total. The topological polar surface area (TPSA) is 150 Å². The van der Waals surface area contributed by atoms with Gasteiger partial charge in [0.15, 0.2) is 18.1 Å². The van der Waals surface area contributed by atoms with E-state index in [-0.39, 0.29) is 50.0 Å². The molecule has 2 atom stereocenters. The molecule has 3 aromatic rings. The van der Waals surface area contributed by atoms with E-state index in [0.717, 1.165) is 15.8 Å². The number of nitrogens with one attached hydrogen (secondary N) is 2. The molecule has 3 aliphatic rings. The molecule has 0 radical (unpaired) electrons. The van der Waals surface area contributed by atoms with Gasteiger partial charge in [-0.1, -0.05) is 6.07 Å². The first-order valence-electron chi connectivity index (χ1n) is 14.7. The van der Waals surface area contributed by atoms with Gasteiger partial charge in [0.05, 0.1) is 26.0 Å². The molecule has 4 heterocycles. The lowest BCUT2D eigenvalue weighted by molar-refractivity contribution is -0.136. The van der Waals surface area contributed by atoms with Crippen LogP contribution >= 0.6 is 0 Å². The Hall–Kier alpha value is -5.07. The number of aromatic nitrogens is 2. The second kappa shape index (κ2) is 14.1. The first-order chi connectivity index (χ1) is 21.7. The van der Waals surface area contributed by atoms with Crippen LogP contribution in [0.3, 0.4) is 0 Å². The smallest absolute Gasteiger partial charge is 0.267 e. The van der Waals surface area contributed by atoms with Gasteiger partial charge >= 0.3 is 0 Å². The molecule has 2 N–H and O–H groups in total. The van der Waals surface area contributed by atoms with Crippen LogP contribution in [0.4, 0.5) is 0 Å². The number of nitrogens with zero attached hydrogens (tertiary/aromatic N) is 3. The molecule has 3 aliphatic heterocycles. The Morgan fingerprint density at radius 1 is 1.00 bits per heavy atom. The summed E-state index contributed by atoms with van der Waals surface area (Å²) in [6, 6.07) is 13.1. The molecule has 0 spiro atoms. The average Bonchev–Trinajstić information content (AvgIpc) is 3.04. The van der Waals surface area contributed by atoms with Crippen LogP contribution in [0.1, 0.15) is 29.7 Å². The Morgan fingerprint density at radius 3 is 2.62 bits per heavy atom. The highest BCUT2D eigenvalue weighted by Gasteiger charge is 2.34. The van der Waals surface area contributed by atoms with Crippen LogP contribution in [0, 0.1) is 6.92 Å². The molecule has 238 valence electrons. The minimum Gasteiger partial charge on any atom is -0.496 e. The number of ether oxygens (including phenoxy) is 4. The van der Waals surface area contributed by atoms with Gasteiger partial charge in [-0.2, -0.15) is 5.10 Å². The average molecular weight is 620 g/mol. The van der Waals surface area contributed by atoms with Gasteiger partial charge in [-0.15, -0.1) is 0 Å². The molecule has 2 aromatic carbocycles. The summed E-state index contributed by atoms with van der Waals surface area (Å²) in [6.07, 6.45) is 0.625. The number of methoxy groups -OCH3 is 2. The van der Waals surface area contributed by atoms with E-state index < -0.39 is 18.1 Å². The normalized spacial score (nSPS) is 19.0. The molecule has 4 bridgehead atoms. The maximum atomic E-state index is 13.3. The number of carbonyl (C=O) groups excluding carboxylic acids is 3. The van der Waals surface area contributed by atoms with Crippen LogP contribution in [0.5, 0.6) is 23.0 Å². The lowest BCUT2D eigenvalue weighted by atomic mass is 10.0. The summed E-state index contributed by atoms with van der Waals surface area (Å²) in [5, 5.41) is 10.1.